The second kappa shape index (κ2) is 6.58. The summed E-state index contributed by atoms with van der Waals surface area (Å²) in [5.41, 5.74) is 2.51. The van der Waals surface area contributed by atoms with Crippen LogP contribution in [0.1, 0.15) is 21.5 Å². The van der Waals surface area contributed by atoms with Gasteiger partial charge in [0.1, 0.15) is 5.56 Å². The van der Waals surface area contributed by atoms with Crippen LogP contribution in [0.15, 0.2) is 34.0 Å². The van der Waals surface area contributed by atoms with Gasteiger partial charge in [0.25, 0.3) is 11.5 Å². The van der Waals surface area contributed by atoms with Gasteiger partial charge in [0, 0.05) is 45.1 Å². The maximum atomic E-state index is 12.6. The molecule has 2 heterocycles. The number of benzene rings is 1. The Kier molecular flexibility index (Phi) is 4.48. The van der Waals surface area contributed by atoms with E-state index in [2.05, 4.69) is 41.9 Å². The third kappa shape index (κ3) is 3.22. The van der Waals surface area contributed by atoms with Gasteiger partial charge in [-0.05, 0) is 31.0 Å². The summed E-state index contributed by atoms with van der Waals surface area (Å²) in [6.45, 7) is 6.63. The zero-order chi connectivity index (χ0) is 18.1. The van der Waals surface area contributed by atoms with Crippen LogP contribution in [-0.4, -0.2) is 46.5 Å². The van der Waals surface area contributed by atoms with E-state index in [1.54, 1.807) is 4.90 Å². The lowest BCUT2D eigenvalue weighted by Gasteiger charge is -2.36. The number of H-pyrrole nitrogens is 1. The number of carbonyl (C=O) groups is 1. The number of piperazine rings is 1. The van der Waals surface area contributed by atoms with Gasteiger partial charge in [-0.1, -0.05) is 12.1 Å². The standard InChI is InChI=1S/C18H22N4O3/c1-12-4-5-13(2)15(10-12)21-6-8-22(9-7-21)17(24)14-11-19-18(25)20(3)16(14)23/h4-5,10-11H,6-9H2,1-3H3,(H,19,25). The van der Waals surface area contributed by atoms with Crippen LogP contribution in [-0.2, 0) is 7.05 Å². The first-order valence-electron chi connectivity index (χ1n) is 8.28. The van der Waals surface area contributed by atoms with E-state index in [4.69, 9.17) is 0 Å². The number of rotatable bonds is 2. The second-order valence-corrected chi connectivity index (χ2v) is 6.44. The summed E-state index contributed by atoms with van der Waals surface area (Å²) in [5, 5.41) is 0. The molecule has 25 heavy (non-hydrogen) atoms. The average Bonchev–Trinajstić information content (AvgIpc) is 2.61. The van der Waals surface area contributed by atoms with Crippen molar-refractivity contribution in [1.29, 1.82) is 0 Å². The number of aromatic amines is 1. The Morgan fingerprint density at radius 3 is 2.44 bits per heavy atom. The van der Waals surface area contributed by atoms with E-state index in [9.17, 15) is 14.4 Å². The topological polar surface area (TPSA) is 78.4 Å². The fourth-order valence-electron chi connectivity index (χ4n) is 3.10. The SMILES string of the molecule is Cc1ccc(C)c(N2CCN(C(=O)c3c[nH]c(=O)n(C)c3=O)CC2)c1. The number of hydrogen-bond acceptors (Lipinski definition) is 4. The highest BCUT2D eigenvalue weighted by molar-refractivity contribution is 5.93. The van der Waals surface area contributed by atoms with Crippen molar-refractivity contribution in [2.24, 2.45) is 7.05 Å². The third-order valence-corrected chi connectivity index (χ3v) is 4.68. The fraction of sp³-hybridized carbons (Fsp3) is 0.389. The van der Waals surface area contributed by atoms with Crippen molar-refractivity contribution in [1.82, 2.24) is 14.5 Å². The van der Waals surface area contributed by atoms with Crippen molar-refractivity contribution in [3.63, 3.8) is 0 Å². The first-order valence-corrected chi connectivity index (χ1v) is 8.28. The predicted octanol–water partition coefficient (Wildman–Crippen LogP) is 0.653. The Bertz CT molecular complexity index is 921. The van der Waals surface area contributed by atoms with Crippen LogP contribution in [0.2, 0.25) is 0 Å². The quantitative estimate of drug-likeness (QED) is 0.869. The van der Waals surface area contributed by atoms with Crippen molar-refractivity contribution < 1.29 is 4.79 Å². The molecular formula is C18H22N4O3. The Morgan fingerprint density at radius 2 is 1.76 bits per heavy atom. The molecule has 3 rings (SSSR count). The van der Waals surface area contributed by atoms with Gasteiger partial charge in [-0.25, -0.2) is 4.79 Å². The van der Waals surface area contributed by atoms with Gasteiger partial charge in [-0.3, -0.25) is 14.2 Å². The van der Waals surface area contributed by atoms with E-state index in [0.717, 1.165) is 4.57 Å². The third-order valence-electron chi connectivity index (χ3n) is 4.68. The molecule has 7 heteroatoms. The molecule has 1 fully saturated rings. The molecule has 0 aliphatic carbocycles. The molecule has 1 aliphatic heterocycles. The van der Waals surface area contributed by atoms with Gasteiger partial charge < -0.3 is 14.8 Å². The minimum atomic E-state index is -0.564. The van der Waals surface area contributed by atoms with Gasteiger partial charge in [0.15, 0.2) is 0 Å². The molecule has 0 saturated carbocycles. The summed E-state index contributed by atoms with van der Waals surface area (Å²) in [7, 11) is 1.36. The van der Waals surface area contributed by atoms with E-state index in [-0.39, 0.29) is 11.5 Å². The van der Waals surface area contributed by atoms with E-state index in [0.29, 0.717) is 26.2 Å². The summed E-state index contributed by atoms with van der Waals surface area (Å²) >= 11 is 0. The van der Waals surface area contributed by atoms with E-state index in [1.165, 1.54) is 30.1 Å². The lowest BCUT2D eigenvalue weighted by Crippen LogP contribution is -2.50. The number of amides is 1. The molecule has 1 aliphatic rings. The number of carbonyl (C=O) groups excluding carboxylic acids is 1. The zero-order valence-corrected chi connectivity index (χ0v) is 14.7. The first-order chi connectivity index (χ1) is 11.9. The molecule has 1 N–H and O–H groups in total. The highest BCUT2D eigenvalue weighted by Gasteiger charge is 2.25. The number of aromatic nitrogens is 2. The number of anilines is 1. The largest absolute Gasteiger partial charge is 0.368 e. The van der Waals surface area contributed by atoms with Gasteiger partial charge in [0.05, 0.1) is 0 Å². The Balaban J connectivity index is 1.75. The van der Waals surface area contributed by atoms with Crippen LogP contribution in [0.3, 0.4) is 0 Å². The molecule has 0 bridgehead atoms. The summed E-state index contributed by atoms with van der Waals surface area (Å²) in [4.78, 5) is 42.5. The van der Waals surface area contributed by atoms with Crippen LogP contribution >= 0.6 is 0 Å². The normalized spacial score (nSPS) is 14.7. The molecule has 0 atom stereocenters. The van der Waals surface area contributed by atoms with E-state index < -0.39 is 11.2 Å². The highest BCUT2D eigenvalue weighted by atomic mass is 16.2. The predicted molar refractivity (Wildman–Crippen MR) is 96.3 cm³/mol. The van der Waals surface area contributed by atoms with Crippen molar-refractivity contribution in [2.45, 2.75) is 13.8 Å². The lowest BCUT2D eigenvalue weighted by molar-refractivity contribution is 0.0743. The Hall–Kier alpha value is -2.83. The van der Waals surface area contributed by atoms with Gasteiger partial charge >= 0.3 is 5.69 Å². The molecule has 1 saturated heterocycles. The summed E-state index contributed by atoms with van der Waals surface area (Å²) in [6.07, 6.45) is 1.21. The Labute approximate surface area is 145 Å². The molecule has 0 unspecified atom stereocenters. The van der Waals surface area contributed by atoms with Crippen LogP contribution in [0.4, 0.5) is 5.69 Å². The minimum Gasteiger partial charge on any atom is -0.368 e. The molecule has 1 amide bonds. The summed E-state index contributed by atoms with van der Waals surface area (Å²) < 4.78 is 0.916. The molecule has 1 aromatic heterocycles. The molecule has 0 spiro atoms. The van der Waals surface area contributed by atoms with Crippen molar-refractivity contribution in [3.05, 3.63) is 61.9 Å². The molecule has 2 aromatic rings. The van der Waals surface area contributed by atoms with Crippen molar-refractivity contribution in [3.8, 4) is 0 Å². The zero-order valence-electron chi connectivity index (χ0n) is 14.7. The van der Waals surface area contributed by atoms with Crippen molar-refractivity contribution in [2.75, 3.05) is 31.1 Å². The maximum absolute atomic E-state index is 12.6. The molecule has 0 radical (unpaired) electrons. The van der Waals surface area contributed by atoms with E-state index in [1.807, 2.05) is 0 Å². The Morgan fingerprint density at radius 1 is 1.08 bits per heavy atom. The number of nitrogens with zero attached hydrogens (tertiary/aromatic N) is 3. The fourth-order valence-corrected chi connectivity index (χ4v) is 3.10. The van der Waals surface area contributed by atoms with Gasteiger partial charge in [-0.2, -0.15) is 0 Å². The van der Waals surface area contributed by atoms with Crippen LogP contribution in [0, 0.1) is 13.8 Å². The summed E-state index contributed by atoms with van der Waals surface area (Å²) in [5.74, 6) is -0.336. The molecule has 7 nitrogen and oxygen atoms in total. The summed E-state index contributed by atoms with van der Waals surface area (Å²) in [6, 6.07) is 6.35. The highest BCUT2D eigenvalue weighted by Crippen LogP contribution is 2.23. The number of hydrogen-bond donors (Lipinski definition) is 1. The number of aryl methyl sites for hydroxylation is 2. The van der Waals surface area contributed by atoms with Crippen LogP contribution in [0.25, 0.3) is 0 Å². The van der Waals surface area contributed by atoms with Gasteiger partial charge in [-0.15, -0.1) is 0 Å². The molecular weight excluding hydrogens is 320 g/mol. The monoisotopic (exact) mass is 342 g/mol. The first kappa shape index (κ1) is 17.0. The smallest absolute Gasteiger partial charge is 0.328 e. The van der Waals surface area contributed by atoms with Crippen molar-refractivity contribution >= 4 is 11.6 Å². The minimum absolute atomic E-state index is 0.00212. The molecule has 132 valence electrons. The average molecular weight is 342 g/mol. The molecule has 1 aromatic carbocycles. The van der Waals surface area contributed by atoms with E-state index >= 15 is 0 Å². The maximum Gasteiger partial charge on any atom is 0.328 e. The van der Waals surface area contributed by atoms with Gasteiger partial charge in [0.2, 0.25) is 0 Å². The second-order valence-electron chi connectivity index (χ2n) is 6.44. The van der Waals surface area contributed by atoms with Crippen LogP contribution < -0.4 is 16.1 Å². The van der Waals surface area contributed by atoms with Crippen LogP contribution in [0.5, 0.6) is 0 Å². The lowest BCUT2D eigenvalue weighted by atomic mass is 10.1. The number of nitrogens with one attached hydrogen (secondary N) is 1.